The van der Waals surface area contributed by atoms with Crippen molar-refractivity contribution in [3.05, 3.63) is 42.0 Å². The lowest BCUT2D eigenvalue weighted by Crippen LogP contribution is -2.34. The summed E-state index contributed by atoms with van der Waals surface area (Å²) >= 11 is 6.48. The number of hydrogen-bond donors (Lipinski definition) is 0. The molecule has 2 aromatic rings. The first-order valence-electron chi connectivity index (χ1n) is 5.60. The van der Waals surface area contributed by atoms with Gasteiger partial charge in [-0.2, -0.15) is 0 Å². The Morgan fingerprint density at radius 2 is 2.00 bits per heavy atom. The molecule has 2 unspecified atom stereocenters. The molecule has 0 heterocycles. The van der Waals surface area contributed by atoms with E-state index in [9.17, 15) is 9.90 Å². The number of carbonyl (C=O) groups is 1. The third-order valence-electron chi connectivity index (χ3n) is 2.88. The van der Waals surface area contributed by atoms with Gasteiger partial charge in [0.2, 0.25) is 0 Å². The van der Waals surface area contributed by atoms with Crippen molar-refractivity contribution in [1.29, 1.82) is 0 Å². The van der Waals surface area contributed by atoms with Crippen LogP contribution in [0.15, 0.2) is 36.4 Å². The van der Waals surface area contributed by atoms with E-state index in [1.165, 1.54) is 0 Å². The fourth-order valence-corrected chi connectivity index (χ4v) is 2.72. The number of fused-ring (bicyclic) bond motifs is 1. The predicted octanol–water partition coefficient (Wildman–Crippen LogP) is 2.80. The molecule has 0 saturated carbocycles. The van der Waals surface area contributed by atoms with Crippen molar-refractivity contribution >= 4 is 48.6 Å². The number of alkyl halides is 2. The van der Waals surface area contributed by atoms with E-state index in [-0.39, 0.29) is 4.83 Å². The van der Waals surface area contributed by atoms with E-state index in [4.69, 9.17) is 4.74 Å². The highest BCUT2D eigenvalue weighted by atomic mass is 79.9. The van der Waals surface area contributed by atoms with Crippen molar-refractivity contribution in [2.45, 2.75) is 9.65 Å². The van der Waals surface area contributed by atoms with Crippen molar-refractivity contribution < 1.29 is 14.6 Å². The highest BCUT2D eigenvalue weighted by molar-refractivity contribution is 9.12. The second-order valence-corrected chi connectivity index (χ2v) is 6.04. The highest BCUT2D eigenvalue weighted by Gasteiger charge is 2.19. The van der Waals surface area contributed by atoms with Crippen LogP contribution >= 0.6 is 31.9 Å². The maximum absolute atomic E-state index is 10.9. The van der Waals surface area contributed by atoms with E-state index in [1.54, 1.807) is 7.11 Å². The molecule has 0 aliphatic heterocycles. The molecule has 0 aliphatic carbocycles. The molecule has 100 valence electrons. The average molecular weight is 387 g/mol. The molecule has 0 radical (unpaired) electrons. The molecule has 0 saturated heterocycles. The van der Waals surface area contributed by atoms with Crippen molar-refractivity contribution in [1.82, 2.24) is 0 Å². The van der Waals surface area contributed by atoms with Crippen LogP contribution in [0.1, 0.15) is 10.4 Å². The van der Waals surface area contributed by atoms with E-state index in [0.717, 1.165) is 22.1 Å². The van der Waals surface area contributed by atoms with E-state index < -0.39 is 10.8 Å². The first-order chi connectivity index (χ1) is 9.04. The third kappa shape index (κ3) is 2.92. The molecule has 5 heteroatoms. The second kappa shape index (κ2) is 5.92. The zero-order valence-corrected chi connectivity index (χ0v) is 13.3. The summed E-state index contributed by atoms with van der Waals surface area (Å²) in [7, 11) is 1.63. The molecule has 0 bridgehead atoms. The van der Waals surface area contributed by atoms with Gasteiger partial charge in [0.1, 0.15) is 5.75 Å². The van der Waals surface area contributed by atoms with E-state index >= 15 is 0 Å². The Labute approximate surface area is 127 Å². The topological polar surface area (TPSA) is 49.4 Å². The van der Waals surface area contributed by atoms with Gasteiger partial charge in [0.15, 0.2) is 0 Å². The summed E-state index contributed by atoms with van der Waals surface area (Å²) in [6, 6.07) is 11.5. The predicted molar refractivity (Wildman–Crippen MR) is 79.9 cm³/mol. The number of carboxylic acids is 1. The smallest absolute Gasteiger partial charge is 0.126 e. The van der Waals surface area contributed by atoms with E-state index in [0.29, 0.717) is 0 Å². The molecule has 0 N–H and O–H groups in total. The molecular weight excluding hydrogens is 376 g/mol. The van der Waals surface area contributed by atoms with Crippen molar-refractivity contribution in [2.24, 2.45) is 0 Å². The van der Waals surface area contributed by atoms with Crippen LogP contribution < -0.4 is 9.84 Å². The van der Waals surface area contributed by atoms with Crippen LogP contribution in [0.2, 0.25) is 0 Å². The monoisotopic (exact) mass is 385 g/mol. The van der Waals surface area contributed by atoms with Gasteiger partial charge in [-0.3, -0.25) is 0 Å². The Kier molecular flexibility index (Phi) is 4.47. The Balaban J connectivity index is 2.45. The van der Waals surface area contributed by atoms with Gasteiger partial charge in [0.25, 0.3) is 0 Å². The van der Waals surface area contributed by atoms with Gasteiger partial charge in [0.05, 0.1) is 22.7 Å². The lowest BCUT2D eigenvalue weighted by molar-refractivity contribution is -0.304. The molecular formula is C14H11Br2O3-. The zero-order chi connectivity index (χ0) is 14.0. The van der Waals surface area contributed by atoms with Crippen molar-refractivity contribution in [3.8, 4) is 5.75 Å². The summed E-state index contributed by atoms with van der Waals surface area (Å²) in [4.78, 5) is 9.73. The van der Waals surface area contributed by atoms with Crippen LogP contribution in [0.4, 0.5) is 0 Å². The minimum Gasteiger partial charge on any atom is -0.549 e. The Morgan fingerprint density at radius 3 is 2.63 bits per heavy atom. The number of halogens is 2. The number of methoxy groups -OCH3 is 1. The Morgan fingerprint density at radius 1 is 1.26 bits per heavy atom. The van der Waals surface area contributed by atoms with Crippen LogP contribution in [0, 0.1) is 0 Å². The van der Waals surface area contributed by atoms with E-state index in [2.05, 4.69) is 31.9 Å². The van der Waals surface area contributed by atoms with Gasteiger partial charge in [-0.15, -0.1) is 0 Å². The van der Waals surface area contributed by atoms with Gasteiger partial charge in [-0.25, -0.2) is 0 Å². The molecule has 2 aromatic carbocycles. The SMILES string of the molecule is COc1cccc2cc(C(Br)C(Br)C(=O)[O-])ccc12. The summed E-state index contributed by atoms with van der Waals surface area (Å²) in [6.07, 6.45) is 0. The van der Waals surface area contributed by atoms with Gasteiger partial charge in [-0.05, 0) is 23.1 Å². The molecule has 0 aliphatic rings. The fourth-order valence-electron chi connectivity index (χ4n) is 1.91. The molecule has 2 atom stereocenters. The highest BCUT2D eigenvalue weighted by Crippen LogP contribution is 2.34. The third-order valence-corrected chi connectivity index (χ3v) is 5.55. The molecule has 19 heavy (non-hydrogen) atoms. The summed E-state index contributed by atoms with van der Waals surface area (Å²) in [5, 5.41) is 12.9. The second-order valence-electron chi connectivity index (χ2n) is 4.06. The number of carboxylic acid groups (broad SMARTS) is 1. The van der Waals surface area contributed by atoms with Gasteiger partial charge < -0.3 is 14.6 Å². The summed E-state index contributed by atoms with van der Waals surface area (Å²) in [5.41, 5.74) is 0.867. The maximum atomic E-state index is 10.9. The Bertz CT molecular complexity index is 613. The molecule has 2 rings (SSSR count). The van der Waals surface area contributed by atoms with Crippen LogP contribution in [0.5, 0.6) is 5.75 Å². The van der Waals surface area contributed by atoms with Gasteiger partial charge in [-0.1, -0.05) is 56.1 Å². The number of hydrogen-bond acceptors (Lipinski definition) is 3. The summed E-state index contributed by atoms with van der Waals surface area (Å²) < 4.78 is 5.29. The zero-order valence-electron chi connectivity index (χ0n) is 10.1. The number of aliphatic carboxylic acids is 1. The molecule has 0 spiro atoms. The normalized spacial score (nSPS) is 14.1. The van der Waals surface area contributed by atoms with Crippen LogP contribution in [-0.2, 0) is 4.79 Å². The standard InChI is InChI=1S/C14H12Br2O3/c1-19-11-4-2-3-8-7-9(5-6-10(8)11)12(15)13(16)14(17)18/h2-7,12-13H,1H3,(H,17,18)/p-1. The van der Waals surface area contributed by atoms with Gasteiger partial charge >= 0.3 is 0 Å². The van der Waals surface area contributed by atoms with Crippen molar-refractivity contribution in [2.75, 3.05) is 7.11 Å². The minimum atomic E-state index is -1.15. The summed E-state index contributed by atoms with van der Waals surface area (Å²) in [6.45, 7) is 0. The Hall–Kier alpha value is -1.07. The minimum absolute atomic E-state index is 0.354. The number of benzene rings is 2. The number of ether oxygens (including phenoxy) is 1. The number of carbonyl (C=O) groups excluding carboxylic acids is 1. The average Bonchev–Trinajstić information content (AvgIpc) is 2.44. The molecule has 0 amide bonds. The molecule has 3 nitrogen and oxygen atoms in total. The molecule has 0 fully saturated rings. The van der Waals surface area contributed by atoms with Crippen LogP contribution in [0.25, 0.3) is 10.8 Å². The van der Waals surface area contributed by atoms with Crippen molar-refractivity contribution in [3.63, 3.8) is 0 Å². The first kappa shape index (κ1) is 14.3. The van der Waals surface area contributed by atoms with Crippen LogP contribution in [0.3, 0.4) is 0 Å². The first-order valence-corrected chi connectivity index (χ1v) is 7.43. The quantitative estimate of drug-likeness (QED) is 0.759. The lowest BCUT2D eigenvalue weighted by atomic mass is 10.0. The van der Waals surface area contributed by atoms with Crippen LogP contribution in [-0.4, -0.2) is 17.9 Å². The maximum Gasteiger partial charge on any atom is 0.126 e. The largest absolute Gasteiger partial charge is 0.549 e. The summed E-state index contributed by atoms with van der Waals surface area (Å²) in [5.74, 6) is -0.349. The number of rotatable bonds is 4. The molecule has 0 aromatic heterocycles. The van der Waals surface area contributed by atoms with E-state index in [1.807, 2.05) is 36.4 Å². The fraction of sp³-hybridized carbons (Fsp3) is 0.214. The lowest BCUT2D eigenvalue weighted by Gasteiger charge is -2.18. The van der Waals surface area contributed by atoms with Gasteiger partial charge in [0, 0.05) is 5.39 Å².